The molecule has 5 heteroatoms. The quantitative estimate of drug-likeness (QED) is 0.837. The second kappa shape index (κ2) is 5.22. The summed E-state index contributed by atoms with van der Waals surface area (Å²) in [5.74, 6) is -0.547. The van der Waals surface area contributed by atoms with Crippen LogP contribution in [-0.4, -0.2) is 11.1 Å². The Morgan fingerprint density at radius 3 is 2.94 bits per heavy atom. The standard InChI is InChI=1S/C12H10INO3/c13-8-2-1-3-9(6-8)14-7-11-10(12(15)16)4-5-17-11/h1-6,14H,7H2,(H,15,16). The average molecular weight is 343 g/mol. The Hall–Kier alpha value is -1.50. The maximum absolute atomic E-state index is 10.9. The number of furan rings is 1. The van der Waals surface area contributed by atoms with Crippen LogP contribution >= 0.6 is 22.6 Å². The minimum atomic E-state index is -0.974. The van der Waals surface area contributed by atoms with Crippen molar-refractivity contribution in [3.63, 3.8) is 0 Å². The molecule has 0 unspecified atom stereocenters. The highest BCUT2D eigenvalue weighted by Crippen LogP contribution is 2.16. The monoisotopic (exact) mass is 343 g/mol. The van der Waals surface area contributed by atoms with Gasteiger partial charge in [-0.1, -0.05) is 6.07 Å². The Morgan fingerprint density at radius 1 is 1.41 bits per heavy atom. The summed E-state index contributed by atoms with van der Waals surface area (Å²) in [6, 6.07) is 9.27. The molecule has 0 bridgehead atoms. The molecule has 1 heterocycles. The number of carboxylic acids is 1. The summed E-state index contributed by atoms with van der Waals surface area (Å²) in [6.45, 7) is 0.356. The third kappa shape index (κ3) is 3.00. The molecule has 0 saturated heterocycles. The molecule has 0 fully saturated rings. The number of carboxylic acid groups (broad SMARTS) is 1. The number of hydrogen-bond acceptors (Lipinski definition) is 3. The first kappa shape index (κ1) is 12.0. The van der Waals surface area contributed by atoms with Crippen molar-refractivity contribution in [3.05, 3.63) is 51.5 Å². The Labute approximate surface area is 112 Å². The number of nitrogens with one attached hydrogen (secondary N) is 1. The highest BCUT2D eigenvalue weighted by Gasteiger charge is 2.12. The smallest absolute Gasteiger partial charge is 0.339 e. The molecule has 1 aromatic carbocycles. The van der Waals surface area contributed by atoms with Crippen molar-refractivity contribution in [2.45, 2.75) is 6.54 Å². The SMILES string of the molecule is O=C(O)c1ccoc1CNc1cccc(I)c1. The fraction of sp³-hybridized carbons (Fsp3) is 0.0833. The molecule has 0 aliphatic rings. The van der Waals surface area contributed by atoms with Crippen LogP contribution in [0, 0.1) is 3.57 Å². The fourth-order valence-electron chi connectivity index (χ4n) is 1.45. The Kier molecular flexibility index (Phi) is 3.68. The van der Waals surface area contributed by atoms with Crippen LogP contribution in [-0.2, 0) is 6.54 Å². The number of carbonyl (C=O) groups is 1. The largest absolute Gasteiger partial charge is 0.478 e. The lowest BCUT2D eigenvalue weighted by molar-refractivity contribution is 0.0694. The number of halogens is 1. The average Bonchev–Trinajstić information content (AvgIpc) is 2.74. The van der Waals surface area contributed by atoms with Gasteiger partial charge in [-0.05, 0) is 46.9 Å². The van der Waals surface area contributed by atoms with Crippen molar-refractivity contribution >= 4 is 34.2 Å². The van der Waals surface area contributed by atoms with Crippen LogP contribution in [0.4, 0.5) is 5.69 Å². The number of benzene rings is 1. The molecular weight excluding hydrogens is 333 g/mol. The van der Waals surface area contributed by atoms with Gasteiger partial charge in [0.05, 0.1) is 12.8 Å². The van der Waals surface area contributed by atoms with E-state index < -0.39 is 5.97 Å². The lowest BCUT2D eigenvalue weighted by Gasteiger charge is -2.05. The minimum Gasteiger partial charge on any atom is -0.478 e. The number of aromatic carboxylic acids is 1. The van der Waals surface area contributed by atoms with Gasteiger partial charge in [-0.15, -0.1) is 0 Å². The van der Waals surface area contributed by atoms with Crippen molar-refractivity contribution in [2.75, 3.05) is 5.32 Å². The van der Waals surface area contributed by atoms with Crippen molar-refractivity contribution < 1.29 is 14.3 Å². The first-order chi connectivity index (χ1) is 8.16. The summed E-state index contributed by atoms with van der Waals surface area (Å²) in [4.78, 5) is 10.9. The van der Waals surface area contributed by atoms with Crippen LogP contribution in [0.25, 0.3) is 0 Å². The fourth-order valence-corrected chi connectivity index (χ4v) is 1.99. The molecule has 0 spiro atoms. The summed E-state index contributed by atoms with van der Waals surface area (Å²) < 4.78 is 6.25. The van der Waals surface area contributed by atoms with Gasteiger partial charge in [0.2, 0.25) is 0 Å². The maximum Gasteiger partial charge on any atom is 0.339 e. The van der Waals surface area contributed by atoms with Gasteiger partial charge in [-0.25, -0.2) is 4.79 Å². The zero-order chi connectivity index (χ0) is 12.3. The lowest BCUT2D eigenvalue weighted by atomic mass is 10.2. The van der Waals surface area contributed by atoms with E-state index in [2.05, 4.69) is 27.9 Å². The van der Waals surface area contributed by atoms with Gasteiger partial charge >= 0.3 is 5.97 Å². The van der Waals surface area contributed by atoms with Crippen molar-refractivity contribution in [1.29, 1.82) is 0 Å². The molecule has 88 valence electrons. The summed E-state index contributed by atoms with van der Waals surface area (Å²) >= 11 is 2.22. The highest BCUT2D eigenvalue weighted by atomic mass is 127. The van der Waals surface area contributed by atoms with Crippen LogP contribution in [0.1, 0.15) is 16.1 Å². The number of anilines is 1. The van der Waals surface area contributed by atoms with Gasteiger partial charge in [-0.2, -0.15) is 0 Å². The molecule has 2 aromatic rings. The van der Waals surface area contributed by atoms with E-state index in [1.165, 1.54) is 12.3 Å². The van der Waals surface area contributed by atoms with Gasteiger partial charge in [0.25, 0.3) is 0 Å². The second-order valence-electron chi connectivity index (χ2n) is 3.43. The zero-order valence-electron chi connectivity index (χ0n) is 8.81. The van der Waals surface area contributed by atoms with Gasteiger partial charge < -0.3 is 14.8 Å². The van der Waals surface area contributed by atoms with E-state index in [1.54, 1.807) is 0 Å². The topological polar surface area (TPSA) is 62.5 Å². The normalized spacial score (nSPS) is 10.2. The van der Waals surface area contributed by atoms with Gasteiger partial charge in [-0.3, -0.25) is 0 Å². The van der Waals surface area contributed by atoms with E-state index in [0.717, 1.165) is 9.26 Å². The molecule has 0 aliphatic carbocycles. The molecule has 1 aromatic heterocycles. The van der Waals surface area contributed by atoms with Gasteiger partial charge in [0, 0.05) is 9.26 Å². The number of hydrogen-bond donors (Lipinski definition) is 2. The Bertz CT molecular complexity index is 536. The summed E-state index contributed by atoms with van der Waals surface area (Å²) in [6.07, 6.45) is 1.38. The first-order valence-corrected chi connectivity index (χ1v) is 6.04. The van der Waals surface area contributed by atoms with Crippen LogP contribution in [0.15, 0.2) is 41.0 Å². The van der Waals surface area contributed by atoms with E-state index in [-0.39, 0.29) is 5.56 Å². The third-order valence-corrected chi connectivity index (χ3v) is 2.92. The lowest BCUT2D eigenvalue weighted by Crippen LogP contribution is -2.04. The summed E-state index contributed by atoms with van der Waals surface area (Å²) in [7, 11) is 0. The molecule has 2 N–H and O–H groups in total. The number of rotatable bonds is 4. The Morgan fingerprint density at radius 2 is 2.24 bits per heavy atom. The molecule has 0 radical (unpaired) electrons. The summed E-state index contributed by atoms with van der Waals surface area (Å²) in [5.41, 5.74) is 1.13. The second-order valence-corrected chi connectivity index (χ2v) is 4.67. The van der Waals surface area contributed by atoms with E-state index in [1.807, 2.05) is 24.3 Å². The predicted molar refractivity (Wildman–Crippen MR) is 72.2 cm³/mol. The molecule has 17 heavy (non-hydrogen) atoms. The molecule has 4 nitrogen and oxygen atoms in total. The zero-order valence-corrected chi connectivity index (χ0v) is 11.0. The van der Waals surface area contributed by atoms with Crippen molar-refractivity contribution in [2.24, 2.45) is 0 Å². The Balaban J connectivity index is 2.07. The van der Waals surface area contributed by atoms with E-state index in [4.69, 9.17) is 9.52 Å². The van der Waals surface area contributed by atoms with E-state index >= 15 is 0 Å². The van der Waals surface area contributed by atoms with E-state index in [0.29, 0.717) is 12.3 Å². The minimum absolute atomic E-state index is 0.197. The molecule has 0 saturated carbocycles. The van der Waals surface area contributed by atoms with E-state index in [9.17, 15) is 4.79 Å². The molecule has 0 atom stereocenters. The molecular formula is C12H10INO3. The van der Waals surface area contributed by atoms with Crippen LogP contribution in [0.5, 0.6) is 0 Å². The van der Waals surface area contributed by atoms with Crippen molar-refractivity contribution in [3.8, 4) is 0 Å². The first-order valence-electron chi connectivity index (χ1n) is 4.96. The van der Waals surface area contributed by atoms with Crippen LogP contribution in [0.2, 0.25) is 0 Å². The predicted octanol–water partition coefficient (Wildman–Crippen LogP) is 3.19. The van der Waals surface area contributed by atoms with Gasteiger partial charge in [0.1, 0.15) is 11.3 Å². The molecule has 2 rings (SSSR count). The third-order valence-electron chi connectivity index (χ3n) is 2.25. The maximum atomic E-state index is 10.9. The van der Waals surface area contributed by atoms with Crippen LogP contribution < -0.4 is 5.32 Å². The highest BCUT2D eigenvalue weighted by molar-refractivity contribution is 14.1. The molecule has 0 amide bonds. The molecule has 0 aliphatic heterocycles. The van der Waals surface area contributed by atoms with Gasteiger partial charge in [0.15, 0.2) is 0 Å². The van der Waals surface area contributed by atoms with Crippen LogP contribution in [0.3, 0.4) is 0 Å². The van der Waals surface area contributed by atoms with Crippen molar-refractivity contribution in [1.82, 2.24) is 0 Å². The summed E-state index contributed by atoms with van der Waals surface area (Å²) in [5, 5.41) is 12.0.